The van der Waals surface area contributed by atoms with Crippen LogP contribution in [0.2, 0.25) is 0 Å². The van der Waals surface area contributed by atoms with E-state index in [1.165, 1.54) is 17.0 Å². The second-order valence-corrected chi connectivity index (χ2v) is 7.42. The van der Waals surface area contributed by atoms with Crippen LogP contribution >= 0.6 is 0 Å². The van der Waals surface area contributed by atoms with Crippen molar-refractivity contribution in [1.82, 2.24) is 9.80 Å². The monoisotopic (exact) mass is 378 g/mol. The van der Waals surface area contributed by atoms with Crippen LogP contribution in [0.15, 0.2) is 54.2 Å². The predicted molar refractivity (Wildman–Crippen MR) is 106 cm³/mol. The number of benzene rings is 2. The summed E-state index contributed by atoms with van der Waals surface area (Å²) in [6, 6.07) is 13.9. The summed E-state index contributed by atoms with van der Waals surface area (Å²) < 4.78 is 13.1. The second-order valence-electron chi connectivity index (χ2n) is 7.42. The molecule has 0 unspecified atom stereocenters. The Morgan fingerprint density at radius 1 is 0.893 bits per heavy atom. The third-order valence-electron chi connectivity index (χ3n) is 5.44. The largest absolute Gasteiger partial charge is 0.366 e. The molecule has 0 N–H and O–H groups in total. The number of hydrogen-bond donors (Lipinski definition) is 0. The van der Waals surface area contributed by atoms with Crippen LogP contribution in [0.3, 0.4) is 0 Å². The van der Waals surface area contributed by atoms with E-state index < -0.39 is 0 Å². The molecule has 28 heavy (non-hydrogen) atoms. The summed E-state index contributed by atoms with van der Waals surface area (Å²) in [5.74, 6) is -0.751. The Labute approximate surface area is 164 Å². The Hall–Kier alpha value is -2.95. The van der Waals surface area contributed by atoms with E-state index in [2.05, 4.69) is 0 Å². The number of imide groups is 1. The Morgan fingerprint density at radius 2 is 1.54 bits per heavy atom. The molecule has 144 valence electrons. The first-order valence-electron chi connectivity index (χ1n) is 9.71. The van der Waals surface area contributed by atoms with Crippen LogP contribution < -0.4 is 0 Å². The molecule has 2 aliphatic heterocycles. The summed E-state index contributed by atoms with van der Waals surface area (Å²) in [5.41, 5.74) is 3.83. The molecule has 2 aliphatic rings. The molecule has 1 fully saturated rings. The van der Waals surface area contributed by atoms with Gasteiger partial charge in [-0.05, 0) is 49.4 Å². The van der Waals surface area contributed by atoms with E-state index in [1.807, 2.05) is 36.1 Å². The van der Waals surface area contributed by atoms with Crippen LogP contribution in [0.1, 0.15) is 29.5 Å². The summed E-state index contributed by atoms with van der Waals surface area (Å²) in [4.78, 5) is 29.8. The summed E-state index contributed by atoms with van der Waals surface area (Å²) in [5, 5.41) is 0. The lowest BCUT2D eigenvalue weighted by molar-refractivity contribution is -0.137. The molecular weight excluding hydrogens is 355 g/mol. The Balaban J connectivity index is 1.63. The number of carbonyl (C=O) groups excluding carboxylic acids is 2. The average Bonchev–Trinajstić information content (AvgIpc) is 3.29. The molecule has 2 aromatic carbocycles. The van der Waals surface area contributed by atoms with Gasteiger partial charge in [0, 0.05) is 19.6 Å². The second kappa shape index (κ2) is 7.58. The first kappa shape index (κ1) is 18.4. The van der Waals surface area contributed by atoms with Gasteiger partial charge in [0.1, 0.15) is 11.5 Å². The van der Waals surface area contributed by atoms with Crippen molar-refractivity contribution in [3.63, 3.8) is 0 Å². The molecule has 0 radical (unpaired) electrons. The molecular formula is C23H23FN2O2. The molecule has 2 aromatic rings. The highest BCUT2D eigenvalue weighted by atomic mass is 19.1. The van der Waals surface area contributed by atoms with Crippen molar-refractivity contribution in [3.8, 4) is 0 Å². The molecule has 5 heteroatoms. The molecule has 0 aliphatic carbocycles. The lowest BCUT2D eigenvalue weighted by atomic mass is 10.0. The number of likely N-dealkylation sites (tertiary alicyclic amines) is 1. The number of hydrogen-bond acceptors (Lipinski definition) is 3. The minimum absolute atomic E-state index is 0.218. The molecule has 0 atom stereocenters. The molecule has 2 amide bonds. The molecule has 0 spiro atoms. The van der Waals surface area contributed by atoms with Crippen molar-refractivity contribution in [1.29, 1.82) is 0 Å². The van der Waals surface area contributed by atoms with E-state index in [0.29, 0.717) is 17.7 Å². The van der Waals surface area contributed by atoms with Crippen LogP contribution in [0.25, 0.3) is 5.57 Å². The maximum Gasteiger partial charge on any atom is 0.277 e. The molecule has 4 nitrogen and oxygen atoms in total. The maximum atomic E-state index is 13.2. The van der Waals surface area contributed by atoms with Crippen LogP contribution in [-0.2, 0) is 16.0 Å². The van der Waals surface area contributed by atoms with Crippen molar-refractivity contribution in [2.24, 2.45) is 0 Å². The number of amides is 2. The van der Waals surface area contributed by atoms with Crippen LogP contribution in [0.4, 0.5) is 4.39 Å². The van der Waals surface area contributed by atoms with Crippen LogP contribution in [0, 0.1) is 12.7 Å². The van der Waals surface area contributed by atoms with E-state index in [0.717, 1.165) is 42.6 Å². The van der Waals surface area contributed by atoms with Crippen molar-refractivity contribution >= 4 is 17.4 Å². The fourth-order valence-corrected chi connectivity index (χ4v) is 3.87. The van der Waals surface area contributed by atoms with Gasteiger partial charge in [-0.3, -0.25) is 14.5 Å². The quantitative estimate of drug-likeness (QED) is 0.747. The number of halogens is 1. The van der Waals surface area contributed by atoms with E-state index in [4.69, 9.17) is 0 Å². The smallest absolute Gasteiger partial charge is 0.277 e. The minimum atomic E-state index is -0.295. The van der Waals surface area contributed by atoms with Gasteiger partial charge in [0.15, 0.2) is 0 Å². The van der Waals surface area contributed by atoms with Crippen molar-refractivity contribution in [2.45, 2.75) is 26.2 Å². The zero-order valence-corrected chi connectivity index (χ0v) is 16.0. The average molecular weight is 378 g/mol. The Morgan fingerprint density at radius 3 is 2.18 bits per heavy atom. The number of aryl methyl sites for hydroxylation is 1. The van der Waals surface area contributed by atoms with Crippen molar-refractivity contribution in [3.05, 3.63) is 76.7 Å². The molecule has 2 heterocycles. The third kappa shape index (κ3) is 3.44. The van der Waals surface area contributed by atoms with Gasteiger partial charge >= 0.3 is 0 Å². The zero-order valence-electron chi connectivity index (χ0n) is 16.0. The van der Waals surface area contributed by atoms with Gasteiger partial charge in [-0.15, -0.1) is 0 Å². The van der Waals surface area contributed by atoms with Crippen molar-refractivity contribution in [2.75, 3.05) is 19.6 Å². The first-order valence-corrected chi connectivity index (χ1v) is 9.71. The molecule has 0 bridgehead atoms. The van der Waals surface area contributed by atoms with E-state index in [9.17, 15) is 14.0 Å². The van der Waals surface area contributed by atoms with Crippen LogP contribution in [-0.4, -0.2) is 41.2 Å². The highest BCUT2D eigenvalue weighted by molar-refractivity contribution is 6.35. The predicted octanol–water partition coefficient (Wildman–Crippen LogP) is 3.55. The van der Waals surface area contributed by atoms with E-state index in [1.54, 1.807) is 12.1 Å². The van der Waals surface area contributed by atoms with Gasteiger partial charge < -0.3 is 4.90 Å². The summed E-state index contributed by atoms with van der Waals surface area (Å²) in [6.07, 6.45) is 2.57. The number of carbonyl (C=O) groups is 2. The number of nitrogens with zero attached hydrogens (tertiary/aromatic N) is 2. The highest BCUT2D eigenvalue weighted by Gasteiger charge is 2.41. The zero-order chi connectivity index (χ0) is 19.7. The molecule has 4 rings (SSSR count). The third-order valence-corrected chi connectivity index (χ3v) is 5.44. The maximum absolute atomic E-state index is 13.2. The Kier molecular flexibility index (Phi) is 4.99. The lowest BCUT2D eigenvalue weighted by Gasteiger charge is -2.20. The van der Waals surface area contributed by atoms with Gasteiger partial charge in [0.25, 0.3) is 11.8 Å². The highest BCUT2D eigenvalue weighted by Crippen LogP contribution is 2.33. The van der Waals surface area contributed by atoms with Gasteiger partial charge in [0.05, 0.1) is 5.57 Å². The fraction of sp³-hybridized carbons (Fsp3) is 0.304. The summed E-state index contributed by atoms with van der Waals surface area (Å²) in [6.45, 7) is 3.89. The van der Waals surface area contributed by atoms with E-state index >= 15 is 0 Å². The summed E-state index contributed by atoms with van der Waals surface area (Å²) in [7, 11) is 0. The normalized spacial score (nSPS) is 17.2. The molecule has 1 saturated heterocycles. The topological polar surface area (TPSA) is 40.6 Å². The summed E-state index contributed by atoms with van der Waals surface area (Å²) >= 11 is 0. The SMILES string of the molecule is Cc1ccc(C2=C(N3CCCC3)C(=O)N(CCc3ccc(F)cc3)C2=O)cc1. The van der Waals surface area contributed by atoms with Gasteiger partial charge in [-0.2, -0.15) is 0 Å². The van der Waals surface area contributed by atoms with Crippen LogP contribution in [0.5, 0.6) is 0 Å². The minimum Gasteiger partial charge on any atom is -0.366 e. The van der Waals surface area contributed by atoms with Gasteiger partial charge in [-0.25, -0.2) is 4.39 Å². The standard InChI is InChI=1S/C23H23FN2O2/c1-16-4-8-18(9-5-16)20-21(25-13-2-3-14-25)23(28)26(22(20)27)15-12-17-6-10-19(24)11-7-17/h4-11H,2-3,12-15H2,1H3. The van der Waals surface area contributed by atoms with Gasteiger partial charge in [-0.1, -0.05) is 42.0 Å². The first-order chi connectivity index (χ1) is 13.5. The number of rotatable bonds is 5. The fourth-order valence-electron chi connectivity index (χ4n) is 3.87. The lowest BCUT2D eigenvalue weighted by Crippen LogP contribution is -2.36. The van der Waals surface area contributed by atoms with E-state index in [-0.39, 0.29) is 24.2 Å². The van der Waals surface area contributed by atoms with Gasteiger partial charge in [0.2, 0.25) is 0 Å². The Bertz CT molecular complexity index is 926. The van der Waals surface area contributed by atoms with Crippen molar-refractivity contribution < 1.29 is 14.0 Å². The molecule has 0 aromatic heterocycles. The molecule has 0 saturated carbocycles.